The Morgan fingerprint density at radius 2 is 1.71 bits per heavy atom. The number of hydrogen-bond acceptors (Lipinski definition) is 5. The number of ketones is 1. The molecule has 0 saturated carbocycles. The van der Waals surface area contributed by atoms with Crippen LogP contribution < -0.4 is 4.74 Å². The molecule has 0 bridgehead atoms. The Kier molecular flexibility index (Phi) is 6.39. The summed E-state index contributed by atoms with van der Waals surface area (Å²) in [6, 6.07) is 22.7. The maximum atomic E-state index is 12.7. The summed E-state index contributed by atoms with van der Waals surface area (Å²) in [5.41, 5.74) is 3.51. The number of para-hydroxylation sites is 1. The molecular weight excluding hydrogens is 430 g/mol. The Hall–Kier alpha value is -3.09. The minimum Gasteiger partial charge on any atom is -0.496 e. The van der Waals surface area contributed by atoms with Gasteiger partial charge in [0.25, 0.3) is 0 Å². The molecule has 31 heavy (non-hydrogen) atoms. The van der Waals surface area contributed by atoms with Gasteiger partial charge in [-0.3, -0.25) is 9.36 Å². The summed E-state index contributed by atoms with van der Waals surface area (Å²) in [4.78, 5) is 12.7. The zero-order chi connectivity index (χ0) is 21.8. The van der Waals surface area contributed by atoms with Gasteiger partial charge in [0.15, 0.2) is 16.8 Å². The summed E-state index contributed by atoms with van der Waals surface area (Å²) in [6.07, 6.45) is 0. The van der Waals surface area contributed by atoms with Crippen LogP contribution in [0.1, 0.15) is 15.9 Å². The highest BCUT2D eigenvalue weighted by Crippen LogP contribution is 2.33. The molecule has 0 saturated heterocycles. The Bertz CT molecular complexity index is 1200. The highest BCUT2D eigenvalue weighted by Gasteiger charge is 2.20. The number of hydrogen-bond donors (Lipinski definition) is 0. The molecule has 156 valence electrons. The van der Waals surface area contributed by atoms with E-state index in [1.807, 2.05) is 60.0 Å². The number of carbonyl (C=O) groups is 1. The number of thioether (sulfide) groups is 1. The highest BCUT2D eigenvalue weighted by atomic mass is 35.5. The first kappa shape index (κ1) is 21.2. The highest BCUT2D eigenvalue weighted by molar-refractivity contribution is 7.99. The van der Waals surface area contributed by atoms with Gasteiger partial charge in [-0.25, -0.2) is 0 Å². The van der Waals surface area contributed by atoms with Crippen LogP contribution in [0.2, 0.25) is 5.02 Å². The number of Topliss-reactive ketones (excluding diaryl/α,β-unsaturated/α-hetero) is 1. The third-order valence-corrected chi connectivity index (χ3v) is 5.95. The first-order valence-corrected chi connectivity index (χ1v) is 11.0. The SMILES string of the molecule is COc1ccccc1-c1nnc(SCC(=O)c2ccc(Cl)cc2)n1-c1ccc(C)cc1. The number of rotatable bonds is 7. The van der Waals surface area contributed by atoms with Gasteiger partial charge >= 0.3 is 0 Å². The molecule has 7 heteroatoms. The van der Waals surface area contributed by atoms with Crippen LogP contribution in [0.25, 0.3) is 17.1 Å². The molecule has 0 spiro atoms. The van der Waals surface area contributed by atoms with E-state index < -0.39 is 0 Å². The van der Waals surface area contributed by atoms with Crippen molar-refractivity contribution >= 4 is 29.1 Å². The van der Waals surface area contributed by atoms with Gasteiger partial charge < -0.3 is 4.74 Å². The third-order valence-electron chi connectivity index (χ3n) is 4.77. The molecule has 0 atom stereocenters. The molecule has 0 amide bonds. The lowest BCUT2D eigenvalue weighted by molar-refractivity contribution is 0.102. The first-order valence-electron chi connectivity index (χ1n) is 9.64. The molecule has 0 aliphatic rings. The van der Waals surface area contributed by atoms with E-state index in [4.69, 9.17) is 16.3 Å². The van der Waals surface area contributed by atoms with Crippen molar-refractivity contribution < 1.29 is 9.53 Å². The molecule has 1 aromatic heterocycles. The molecule has 0 aliphatic carbocycles. The van der Waals surface area contributed by atoms with Gasteiger partial charge in [0.2, 0.25) is 0 Å². The quantitative estimate of drug-likeness (QED) is 0.260. The Labute approximate surface area is 190 Å². The fourth-order valence-corrected chi connectivity index (χ4v) is 4.12. The largest absolute Gasteiger partial charge is 0.496 e. The lowest BCUT2D eigenvalue weighted by Crippen LogP contribution is -2.05. The lowest BCUT2D eigenvalue weighted by atomic mass is 10.1. The van der Waals surface area contributed by atoms with E-state index in [1.165, 1.54) is 11.8 Å². The minimum atomic E-state index is -0.000959. The maximum Gasteiger partial charge on any atom is 0.196 e. The van der Waals surface area contributed by atoms with Crippen LogP contribution in [-0.2, 0) is 0 Å². The second-order valence-electron chi connectivity index (χ2n) is 6.90. The molecular formula is C24H20ClN3O2S. The number of carbonyl (C=O) groups excluding carboxylic acids is 1. The third kappa shape index (κ3) is 4.65. The van der Waals surface area contributed by atoms with Crippen LogP contribution in [0.3, 0.4) is 0 Å². The van der Waals surface area contributed by atoms with Crippen LogP contribution in [0.4, 0.5) is 0 Å². The number of aryl methyl sites for hydroxylation is 1. The molecule has 3 aromatic carbocycles. The standard InChI is InChI=1S/C24H20ClN3O2S/c1-16-7-13-19(14-8-16)28-23(20-5-3-4-6-22(20)30-2)26-27-24(28)31-15-21(29)17-9-11-18(25)12-10-17/h3-14H,15H2,1-2H3. The topological polar surface area (TPSA) is 57.0 Å². The number of aromatic nitrogens is 3. The number of halogens is 1. The van der Waals surface area contributed by atoms with Gasteiger partial charge in [-0.1, -0.05) is 53.2 Å². The van der Waals surface area contributed by atoms with E-state index >= 15 is 0 Å². The Morgan fingerprint density at radius 3 is 2.42 bits per heavy atom. The van der Waals surface area contributed by atoms with E-state index in [2.05, 4.69) is 10.2 Å². The predicted molar refractivity (Wildman–Crippen MR) is 125 cm³/mol. The zero-order valence-electron chi connectivity index (χ0n) is 17.1. The van der Waals surface area contributed by atoms with E-state index in [1.54, 1.807) is 31.4 Å². The lowest BCUT2D eigenvalue weighted by Gasteiger charge is -2.12. The van der Waals surface area contributed by atoms with Crippen LogP contribution in [0.5, 0.6) is 5.75 Å². The van der Waals surface area contributed by atoms with E-state index in [-0.39, 0.29) is 11.5 Å². The summed E-state index contributed by atoms with van der Waals surface area (Å²) < 4.78 is 7.49. The average Bonchev–Trinajstić information content (AvgIpc) is 3.22. The summed E-state index contributed by atoms with van der Waals surface area (Å²) >= 11 is 7.27. The van der Waals surface area contributed by atoms with Gasteiger partial charge in [0.1, 0.15) is 5.75 Å². The molecule has 4 rings (SSSR count). The fourth-order valence-electron chi connectivity index (χ4n) is 3.14. The van der Waals surface area contributed by atoms with Gasteiger partial charge in [-0.15, -0.1) is 10.2 Å². The van der Waals surface area contributed by atoms with Crippen LogP contribution >= 0.6 is 23.4 Å². The first-order chi connectivity index (χ1) is 15.1. The van der Waals surface area contributed by atoms with Gasteiger partial charge in [0, 0.05) is 16.3 Å². The number of nitrogens with zero attached hydrogens (tertiary/aromatic N) is 3. The van der Waals surface area contributed by atoms with Gasteiger partial charge in [-0.05, 0) is 55.5 Å². The second-order valence-corrected chi connectivity index (χ2v) is 8.28. The van der Waals surface area contributed by atoms with Gasteiger partial charge in [0.05, 0.1) is 18.4 Å². The van der Waals surface area contributed by atoms with Crippen molar-refractivity contribution in [2.75, 3.05) is 12.9 Å². The van der Waals surface area contributed by atoms with Crippen molar-refractivity contribution in [3.05, 3.63) is 88.9 Å². The molecule has 0 unspecified atom stereocenters. The number of ether oxygens (including phenoxy) is 1. The van der Waals surface area contributed by atoms with Crippen LogP contribution in [0.15, 0.2) is 78.0 Å². The van der Waals surface area contributed by atoms with E-state index in [9.17, 15) is 4.79 Å². The zero-order valence-corrected chi connectivity index (χ0v) is 18.7. The van der Waals surface area contributed by atoms with Crippen molar-refractivity contribution in [2.24, 2.45) is 0 Å². The smallest absolute Gasteiger partial charge is 0.196 e. The summed E-state index contributed by atoms with van der Waals surface area (Å²) in [6.45, 7) is 2.04. The molecule has 1 heterocycles. The van der Waals surface area contributed by atoms with Gasteiger partial charge in [-0.2, -0.15) is 0 Å². The summed E-state index contributed by atoms with van der Waals surface area (Å²) in [5, 5.41) is 10.1. The monoisotopic (exact) mass is 449 g/mol. The predicted octanol–water partition coefficient (Wildman–Crippen LogP) is 5.88. The molecule has 5 nitrogen and oxygen atoms in total. The molecule has 0 N–H and O–H groups in total. The molecule has 4 aromatic rings. The van der Waals surface area contributed by atoms with E-state index in [0.29, 0.717) is 27.3 Å². The number of methoxy groups -OCH3 is 1. The van der Waals surface area contributed by atoms with E-state index in [0.717, 1.165) is 16.8 Å². The van der Waals surface area contributed by atoms with Crippen molar-refractivity contribution in [1.29, 1.82) is 0 Å². The maximum absolute atomic E-state index is 12.7. The number of benzene rings is 3. The fraction of sp³-hybridized carbons (Fsp3) is 0.125. The van der Waals surface area contributed by atoms with Crippen LogP contribution in [-0.4, -0.2) is 33.4 Å². The van der Waals surface area contributed by atoms with Crippen molar-refractivity contribution in [1.82, 2.24) is 14.8 Å². The summed E-state index contributed by atoms with van der Waals surface area (Å²) in [5.74, 6) is 1.59. The molecule has 0 fully saturated rings. The summed E-state index contributed by atoms with van der Waals surface area (Å²) in [7, 11) is 1.63. The second kappa shape index (κ2) is 9.37. The normalized spacial score (nSPS) is 10.8. The van der Waals surface area contributed by atoms with Crippen molar-refractivity contribution in [2.45, 2.75) is 12.1 Å². The molecule has 0 aliphatic heterocycles. The van der Waals surface area contributed by atoms with Crippen LogP contribution in [0, 0.1) is 6.92 Å². The molecule has 0 radical (unpaired) electrons. The average molecular weight is 450 g/mol. The minimum absolute atomic E-state index is 0.000959. The Morgan fingerprint density at radius 1 is 1.00 bits per heavy atom. The van der Waals surface area contributed by atoms with Crippen molar-refractivity contribution in [3.8, 4) is 22.8 Å². The Balaban J connectivity index is 1.71. The van der Waals surface area contributed by atoms with Crippen molar-refractivity contribution in [3.63, 3.8) is 0 Å².